The van der Waals surface area contributed by atoms with Crippen LogP contribution >= 0.6 is 15.9 Å². The smallest absolute Gasteiger partial charge is 0.143 e. The van der Waals surface area contributed by atoms with Crippen molar-refractivity contribution in [3.05, 3.63) is 28.5 Å². The number of pyridine rings is 1. The van der Waals surface area contributed by atoms with E-state index in [1.54, 1.807) is 6.20 Å². The number of hydrogen-bond acceptors (Lipinski definition) is 3. The number of nitrogens with zero attached hydrogens (tertiary/aromatic N) is 1. The predicted molar refractivity (Wildman–Crippen MR) is 75.2 cm³/mol. The summed E-state index contributed by atoms with van der Waals surface area (Å²) in [5.74, 6) is 0.275. The van der Waals surface area contributed by atoms with Crippen LogP contribution in [0.2, 0.25) is 0 Å². The van der Waals surface area contributed by atoms with Crippen LogP contribution in [0.15, 0.2) is 22.8 Å². The summed E-state index contributed by atoms with van der Waals surface area (Å²) in [6.45, 7) is 0. The maximum Gasteiger partial charge on any atom is 0.143 e. The molecule has 18 heavy (non-hydrogen) atoms. The van der Waals surface area contributed by atoms with Gasteiger partial charge in [0.25, 0.3) is 0 Å². The van der Waals surface area contributed by atoms with Crippen LogP contribution in [0.5, 0.6) is 0 Å². The van der Waals surface area contributed by atoms with Gasteiger partial charge in [-0.3, -0.25) is 9.78 Å². The first-order valence-electron chi connectivity index (χ1n) is 6.55. The second-order valence-corrected chi connectivity index (χ2v) is 5.93. The van der Waals surface area contributed by atoms with Crippen LogP contribution in [0.1, 0.15) is 37.8 Å². The molecule has 1 aromatic rings. The molecule has 1 saturated carbocycles. The number of carbonyl (C=O) groups is 1. The average Bonchev–Trinajstić information content (AvgIpc) is 2.57. The largest absolute Gasteiger partial charge is 0.327 e. The Morgan fingerprint density at radius 1 is 1.33 bits per heavy atom. The second kappa shape index (κ2) is 6.43. The summed E-state index contributed by atoms with van der Waals surface area (Å²) < 4.78 is 0.935. The van der Waals surface area contributed by atoms with Gasteiger partial charge in [0, 0.05) is 34.7 Å². The lowest BCUT2D eigenvalue weighted by atomic mass is 9.89. The number of Topliss-reactive ketones (excluding diaryl/α,β-unsaturated/α-hetero) is 1. The monoisotopic (exact) mass is 310 g/mol. The molecule has 0 amide bonds. The molecule has 0 bridgehead atoms. The third-order valence-electron chi connectivity index (χ3n) is 3.63. The molecule has 0 aromatic carbocycles. The van der Waals surface area contributed by atoms with Crippen LogP contribution < -0.4 is 5.73 Å². The quantitative estimate of drug-likeness (QED) is 0.873. The number of nitrogens with two attached hydrogens (primary N) is 1. The first-order valence-corrected chi connectivity index (χ1v) is 7.35. The molecule has 0 radical (unpaired) electrons. The van der Waals surface area contributed by atoms with Crippen molar-refractivity contribution in [2.75, 3.05) is 0 Å². The average molecular weight is 311 g/mol. The molecule has 1 heterocycles. The molecule has 3 nitrogen and oxygen atoms in total. The van der Waals surface area contributed by atoms with Gasteiger partial charge in [0.1, 0.15) is 5.78 Å². The van der Waals surface area contributed by atoms with E-state index < -0.39 is 0 Å². The molecule has 1 fully saturated rings. The Hall–Kier alpha value is -0.740. The zero-order valence-electron chi connectivity index (χ0n) is 10.4. The van der Waals surface area contributed by atoms with Crippen LogP contribution in [0.3, 0.4) is 0 Å². The lowest BCUT2D eigenvalue weighted by molar-refractivity contribution is -0.123. The maximum absolute atomic E-state index is 12.3. The molecule has 2 unspecified atom stereocenters. The van der Waals surface area contributed by atoms with Gasteiger partial charge in [-0.15, -0.1) is 0 Å². The van der Waals surface area contributed by atoms with Gasteiger partial charge in [-0.25, -0.2) is 0 Å². The Bertz CT molecular complexity index is 405. The zero-order valence-corrected chi connectivity index (χ0v) is 12.0. The molecular formula is C14H19BrN2O. The first kappa shape index (κ1) is 13.7. The molecule has 0 saturated heterocycles. The van der Waals surface area contributed by atoms with Crippen molar-refractivity contribution in [1.29, 1.82) is 0 Å². The summed E-state index contributed by atoms with van der Waals surface area (Å²) in [6.07, 6.45) is 7.54. The summed E-state index contributed by atoms with van der Waals surface area (Å²) >= 11 is 3.34. The van der Waals surface area contributed by atoms with Gasteiger partial charge in [-0.05, 0) is 40.9 Å². The molecule has 98 valence electrons. The number of carbonyl (C=O) groups excluding carboxylic acids is 1. The highest BCUT2D eigenvalue weighted by Crippen LogP contribution is 2.24. The summed E-state index contributed by atoms with van der Waals surface area (Å²) in [6, 6.07) is 3.85. The van der Waals surface area contributed by atoms with Crippen molar-refractivity contribution in [2.45, 2.75) is 44.6 Å². The van der Waals surface area contributed by atoms with E-state index in [4.69, 9.17) is 5.73 Å². The van der Waals surface area contributed by atoms with Gasteiger partial charge in [0.05, 0.1) is 0 Å². The Balaban J connectivity index is 1.99. The van der Waals surface area contributed by atoms with Gasteiger partial charge in [0.15, 0.2) is 0 Å². The summed E-state index contributed by atoms with van der Waals surface area (Å²) in [5, 5.41) is 0. The highest BCUT2D eigenvalue weighted by atomic mass is 79.9. The fourth-order valence-corrected chi connectivity index (χ4v) is 2.79. The third-order valence-corrected chi connectivity index (χ3v) is 4.10. The van der Waals surface area contributed by atoms with E-state index in [9.17, 15) is 4.79 Å². The molecule has 0 aliphatic heterocycles. The van der Waals surface area contributed by atoms with Crippen LogP contribution in [0.25, 0.3) is 0 Å². The Kier molecular flexibility index (Phi) is 4.89. The van der Waals surface area contributed by atoms with Crippen LogP contribution in [-0.4, -0.2) is 16.8 Å². The second-order valence-electron chi connectivity index (χ2n) is 5.02. The minimum Gasteiger partial charge on any atom is -0.327 e. The number of hydrogen-bond donors (Lipinski definition) is 1. The van der Waals surface area contributed by atoms with E-state index in [0.717, 1.165) is 35.8 Å². The predicted octanol–water partition coefficient (Wildman–Crippen LogP) is 2.86. The minimum atomic E-state index is 0.0259. The number of halogens is 1. The highest BCUT2D eigenvalue weighted by molar-refractivity contribution is 9.10. The molecule has 2 N–H and O–H groups in total. The van der Waals surface area contributed by atoms with Gasteiger partial charge in [-0.2, -0.15) is 0 Å². The molecule has 1 aromatic heterocycles. The molecule has 1 aliphatic carbocycles. The van der Waals surface area contributed by atoms with E-state index in [1.165, 1.54) is 6.42 Å². The zero-order chi connectivity index (χ0) is 13.0. The van der Waals surface area contributed by atoms with Crippen molar-refractivity contribution in [3.63, 3.8) is 0 Å². The topological polar surface area (TPSA) is 56.0 Å². The first-order chi connectivity index (χ1) is 8.66. The van der Waals surface area contributed by atoms with Gasteiger partial charge in [-0.1, -0.05) is 19.3 Å². The Morgan fingerprint density at radius 2 is 2.11 bits per heavy atom. The maximum atomic E-state index is 12.3. The van der Waals surface area contributed by atoms with Crippen molar-refractivity contribution < 1.29 is 4.79 Å². The normalized spacial score (nSPS) is 24.6. The van der Waals surface area contributed by atoms with Gasteiger partial charge >= 0.3 is 0 Å². The molecule has 2 atom stereocenters. The molecule has 0 spiro atoms. The lowest BCUT2D eigenvalue weighted by Crippen LogP contribution is -2.35. The number of aromatic nitrogens is 1. The van der Waals surface area contributed by atoms with E-state index in [1.807, 2.05) is 12.1 Å². The Labute approximate surface area is 116 Å². The minimum absolute atomic E-state index is 0.0259. The van der Waals surface area contributed by atoms with E-state index in [2.05, 4.69) is 20.9 Å². The molecule has 2 rings (SSSR count). The van der Waals surface area contributed by atoms with Crippen LogP contribution in [0, 0.1) is 5.92 Å². The molecule has 4 heteroatoms. The van der Waals surface area contributed by atoms with Crippen LogP contribution in [0.4, 0.5) is 0 Å². The highest BCUT2D eigenvalue weighted by Gasteiger charge is 2.26. The molecular weight excluding hydrogens is 292 g/mol. The van der Waals surface area contributed by atoms with E-state index in [-0.39, 0.29) is 17.7 Å². The lowest BCUT2D eigenvalue weighted by Gasteiger charge is -2.19. The van der Waals surface area contributed by atoms with Crippen LogP contribution in [-0.2, 0) is 11.2 Å². The van der Waals surface area contributed by atoms with Crippen molar-refractivity contribution in [3.8, 4) is 0 Å². The fraction of sp³-hybridized carbons (Fsp3) is 0.571. The van der Waals surface area contributed by atoms with Gasteiger partial charge < -0.3 is 5.73 Å². The fourth-order valence-electron chi connectivity index (χ4n) is 2.56. The van der Waals surface area contributed by atoms with Gasteiger partial charge in [0.2, 0.25) is 0 Å². The van der Waals surface area contributed by atoms with E-state index in [0.29, 0.717) is 6.42 Å². The number of rotatable bonds is 3. The number of ketones is 1. The standard InChI is InChI=1S/C14H19BrN2O/c15-10-6-7-11(17-9-10)8-14(18)12-4-2-1-3-5-13(12)16/h6-7,9,12-13H,1-5,8,16H2. The summed E-state index contributed by atoms with van der Waals surface area (Å²) in [5.41, 5.74) is 6.94. The van der Waals surface area contributed by atoms with Crippen molar-refractivity contribution in [1.82, 2.24) is 4.98 Å². The van der Waals surface area contributed by atoms with Crippen molar-refractivity contribution in [2.24, 2.45) is 11.7 Å². The summed E-state index contributed by atoms with van der Waals surface area (Å²) in [4.78, 5) is 16.5. The molecule has 1 aliphatic rings. The van der Waals surface area contributed by atoms with E-state index >= 15 is 0 Å². The third kappa shape index (κ3) is 3.62. The SMILES string of the molecule is NC1CCCCCC1C(=O)Cc1ccc(Br)cn1. The van der Waals surface area contributed by atoms with Crippen molar-refractivity contribution >= 4 is 21.7 Å². The summed E-state index contributed by atoms with van der Waals surface area (Å²) in [7, 11) is 0. The Morgan fingerprint density at radius 3 is 2.83 bits per heavy atom.